The number of nitrogens with zero attached hydrogens (tertiary/aromatic N) is 2. The summed E-state index contributed by atoms with van der Waals surface area (Å²) in [6.07, 6.45) is 7.05. The zero-order valence-corrected chi connectivity index (χ0v) is 19.2. The first-order valence-electron chi connectivity index (χ1n) is 10.9. The Morgan fingerprint density at radius 3 is 2.56 bits per heavy atom. The summed E-state index contributed by atoms with van der Waals surface area (Å²) < 4.78 is 34.9. The lowest BCUT2D eigenvalue weighted by molar-refractivity contribution is 0.0971. The van der Waals surface area contributed by atoms with E-state index < -0.39 is 9.84 Å². The molecular weight excluding hydrogens is 424 g/mol. The molecule has 1 aliphatic rings. The molecule has 0 amide bonds. The number of hydrogen-bond donors (Lipinski definition) is 0. The van der Waals surface area contributed by atoms with Gasteiger partial charge in [-0.05, 0) is 48.6 Å². The van der Waals surface area contributed by atoms with Gasteiger partial charge in [0.2, 0.25) is 0 Å². The van der Waals surface area contributed by atoms with Gasteiger partial charge in [-0.1, -0.05) is 32.0 Å². The van der Waals surface area contributed by atoms with Gasteiger partial charge in [-0.25, -0.2) is 13.4 Å². The van der Waals surface area contributed by atoms with Gasteiger partial charge in [-0.3, -0.25) is 4.79 Å². The van der Waals surface area contributed by atoms with Gasteiger partial charge in [0.25, 0.3) is 0 Å². The Kier molecular flexibility index (Phi) is 6.46. The minimum atomic E-state index is -3.60. The van der Waals surface area contributed by atoms with Crippen LogP contribution in [0.4, 0.5) is 0 Å². The Morgan fingerprint density at radius 1 is 1.09 bits per heavy atom. The average molecular weight is 453 g/mol. The first-order valence-corrected chi connectivity index (χ1v) is 12.6. The summed E-state index contributed by atoms with van der Waals surface area (Å²) in [4.78, 5) is 16.9. The minimum Gasteiger partial charge on any atom is -0.488 e. The fraction of sp³-hybridized carbons (Fsp3) is 0.360. The van der Waals surface area contributed by atoms with Gasteiger partial charge in [0.15, 0.2) is 15.6 Å². The van der Waals surface area contributed by atoms with Crippen molar-refractivity contribution in [2.75, 3.05) is 0 Å². The van der Waals surface area contributed by atoms with Crippen molar-refractivity contribution in [1.29, 1.82) is 0 Å². The quantitative estimate of drug-likeness (QED) is 0.504. The van der Waals surface area contributed by atoms with Crippen LogP contribution in [0, 0.1) is 5.92 Å². The second-order valence-electron chi connectivity index (χ2n) is 8.58. The maximum Gasteiger partial charge on any atom is 0.182 e. The molecule has 1 atom stereocenters. The predicted octanol–water partition coefficient (Wildman–Crippen LogP) is 4.48. The summed E-state index contributed by atoms with van der Waals surface area (Å²) >= 11 is 0. The molecule has 0 aliphatic heterocycles. The molecule has 1 heterocycles. The van der Waals surface area contributed by atoms with Gasteiger partial charge in [0.1, 0.15) is 11.9 Å². The number of imidazole rings is 1. The predicted molar refractivity (Wildman–Crippen MR) is 123 cm³/mol. The fourth-order valence-corrected chi connectivity index (χ4v) is 5.53. The molecule has 1 aromatic heterocycles. The Labute approximate surface area is 189 Å². The number of rotatable bonds is 8. The fourth-order valence-electron chi connectivity index (χ4n) is 4.10. The summed E-state index contributed by atoms with van der Waals surface area (Å²) in [5, 5.41) is 0. The first-order chi connectivity index (χ1) is 15.3. The normalized spacial score (nSPS) is 14.9. The van der Waals surface area contributed by atoms with E-state index in [1.54, 1.807) is 55.0 Å². The first kappa shape index (κ1) is 22.3. The molecule has 6 nitrogen and oxygen atoms in total. The van der Waals surface area contributed by atoms with E-state index in [1.807, 2.05) is 10.8 Å². The number of hydrogen-bond acceptors (Lipinski definition) is 5. The molecule has 3 aromatic rings. The van der Waals surface area contributed by atoms with Crippen LogP contribution < -0.4 is 4.74 Å². The van der Waals surface area contributed by atoms with Crippen LogP contribution in [0.1, 0.15) is 48.2 Å². The molecule has 4 rings (SSSR count). The molecule has 168 valence electrons. The van der Waals surface area contributed by atoms with Crippen LogP contribution in [-0.4, -0.2) is 29.9 Å². The molecule has 0 saturated heterocycles. The van der Waals surface area contributed by atoms with Crippen LogP contribution in [0.15, 0.2) is 66.1 Å². The van der Waals surface area contributed by atoms with Gasteiger partial charge in [0, 0.05) is 29.9 Å². The van der Waals surface area contributed by atoms with Crippen LogP contribution in [0.25, 0.3) is 0 Å². The number of carbonyl (C=O) groups is 1. The Bertz CT molecular complexity index is 1190. The highest BCUT2D eigenvalue weighted by Crippen LogP contribution is 2.35. The van der Waals surface area contributed by atoms with Crippen LogP contribution in [0.2, 0.25) is 0 Å². The van der Waals surface area contributed by atoms with Gasteiger partial charge >= 0.3 is 0 Å². The van der Waals surface area contributed by atoms with Crippen LogP contribution in [-0.2, 0) is 28.6 Å². The molecule has 0 bridgehead atoms. The molecule has 0 saturated carbocycles. The Morgan fingerprint density at radius 2 is 1.88 bits per heavy atom. The van der Waals surface area contributed by atoms with E-state index in [1.165, 1.54) is 0 Å². The lowest BCUT2D eigenvalue weighted by atomic mass is 9.87. The third kappa shape index (κ3) is 4.78. The van der Waals surface area contributed by atoms with Gasteiger partial charge < -0.3 is 9.30 Å². The largest absolute Gasteiger partial charge is 0.488 e. The molecule has 2 aromatic carbocycles. The van der Waals surface area contributed by atoms with E-state index in [0.717, 1.165) is 12.0 Å². The highest BCUT2D eigenvalue weighted by Gasteiger charge is 2.28. The molecule has 0 fully saturated rings. The minimum absolute atomic E-state index is 0.0648. The van der Waals surface area contributed by atoms with E-state index >= 15 is 0 Å². The third-order valence-electron chi connectivity index (χ3n) is 5.93. The van der Waals surface area contributed by atoms with Gasteiger partial charge in [-0.15, -0.1) is 0 Å². The number of aromatic nitrogens is 2. The second-order valence-corrected chi connectivity index (χ2v) is 10.6. The maximum absolute atomic E-state index is 13.2. The third-order valence-corrected chi connectivity index (χ3v) is 7.59. The highest BCUT2D eigenvalue weighted by molar-refractivity contribution is 7.90. The summed E-state index contributed by atoms with van der Waals surface area (Å²) in [6.45, 7) is 4.74. The van der Waals surface area contributed by atoms with E-state index in [0.29, 0.717) is 36.3 Å². The SMILES string of the molecule is CC(C)C(Cn1ccnc1)Oc1ccc2c(c1CS(=O)(=O)c1ccccc1)CCCC2=O. The van der Waals surface area contributed by atoms with Crippen molar-refractivity contribution in [1.82, 2.24) is 9.55 Å². The topological polar surface area (TPSA) is 78.3 Å². The monoisotopic (exact) mass is 452 g/mol. The maximum atomic E-state index is 13.2. The Balaban J connectivity index is 1.74. The van der Waals surface area contributed by atoms with Crippen LogP contribution in [0.5, 0.6) is 5.75 Å². The summed E-state index contributed by atoms with van der Waals surface area (Å²) in [5.41, 5.74) is 2.04. The lowest BCUT2D eigenvalue weighted by Gasteiger charge is -2.27. The summed E-state index contributed by atoms with van der Waals surface area (Å²) in [6, 6.07) is 12.0. The molecular formula is C25H28N2O4S. The van der Waals surface area contributed by atoms with Gasteiger partial charge in [0.05, 0.1) is 23.5 Å². The summed E-state index contributed by atoms with van der Waals surface area (Å²) in [7, 11) is -3.60. The van der Waals surface area contributed by atoms with Crippen molar-refractivity contribution in [2.45, 2.75) is 56.4 Å². The second kappa shape index (κ2) is 9.28. The molecule has 0 radical (unpaired) electrons. The standard InChI is InChI=1S/C25H28N2O4S/c1-18(2)25(15-27-14-13-26-17-27)31-24-12-11-21-20(9-6-10-23(21)28)22(24)16-32(29,30)19-7-4-3-5-8-19/h3-5,7-8,11-14,17-18,25H,6,9-10,15-16H2,1-2H3. The number of ketones is 1. The molecule has 1 unspecified atom stereocenters. The van der Waals surface area contributed by atoms with E-state index in [2.05, 4.69) is 18.8 Å². The highest BCUT2D eigenvalue weighted by atomic mass is 32.2. The lowest BCUT2D eigenvalue weighted by Crippen LogP contribution is -2.29. The Hall–Kier alpha value is -2.93. The zero-order valence-electron chi connectivity index (χ0n) is 18.4. The molecule has 1 aliphatic carbocycles. The van der Waals surface area contributed by atoms with Crippen molar-refractivity contribution in [3.63, 3.8) is 0 Å². The van der Waals surface area contributed by atoms with Crippen LogP contribution in [0.3, 0.4) is 0 Å². The smallest absolute Gasteiger partial charge is 0.182 e. The van der Waals surface area contributed by atoms with E-state index in [-0.39, 0.29) is 28.5 Å². The van der Waals surface area contributed by atoms with Crippen molar-refractivity contribution in [2.24, 2.45) is 5.92 Å². The number of carbonyl (C=O) groups excluding carboxylic acids is 1. The molecule has 0 N–H and O–H groups in total. The molecule has 32 heavy (non-hydrogen) atoms. The number of benzene rings is 2. The number of sulfone groups is 1. The number of ether oxygens (including phenoxy) is 1. The van der Waals surface area contributed by atoms with Gasteiger partial charge in [-0.2, -0.15) is 0 Å². The zero-order chi connectivity index (χ0) is 22.7. The molecule has 7 heteroatoms. The molecule has 0 spiro atoms. The van der Waals surface area contributed by atoms with Crippen LogP contribution >= 0.6 is 0 Å². The summed E-state index contributed by atoms with van der Waals surface area (Å²) in [5.74, 6) is 0.596. The van der Waals surface area contributed by atoms with E-state index in [4.69, 9.17) is 4.74 Å². The van der Waals surface area contributed by atoms with E-state index in [9.17, 15) is 13.2 Å². The number of Topliss-reactive ketones (excluding diaryl/α,β-unsaturated/α-hetero) is 1. The average Bonchev–Trinajstić information content (AvgIpc) is 3.29. The van der Waals surface area contributed by atoms with Crippen molar-refractivity contribution in [3.8, 4) is 5.75 Å². The van der Waals surface area contributed by atoms with Crippen molar-refractivity contribution in [3.05, 3.63) is 77.9 Å². The van der Waals surface area contributed by atoms with Crippen molar-refractivity contribution >= 4 is 15.6 Å². The van der Waals surface area contributed by atoms with Crippen molar-refractivity contribution < 1.29 is 17.9 Å². The number of fused-ring (bicyclic) bond motifs is 1.